The predicted octanol–water partition coefficient (Wildman–Crippen LogP) is 3.77. The van der Waals surface area contributed by atoms with Gasteiger partial charge >= 0.3 is 0 Å². The van der Waals surface area contributed by atoms with Crippen molar-refractivity contribution in [2.75, 3.05) is 31.1 Å². The second-order valence-corrected chi connectivity index (χ2v) is 10.2. The van der Waals surface area contributed by atoms with Gasteiger partial charge in [-0.1, -0.05) is 25.0 Å². The fourth-order valence-electron chi connectivity index (χ4n) is 6.29. The van der Waals surface area contributed by atoms with E-state index in [4.69, 9.17) is 4.98 Å². The smallest absolute Gasteiger partial charge is 0.255 e. The summed E-state index contributed by atoms with van der Waals surface area (Å²) in [5.41, 5.74) is 3.88. The highest BCUT2D eigenvalue weighted by atomic mass is 16.3. The zero-order chi connectivity index (χ0) is 23.9. The van der Waals surface area contributed by atoms with Crippen molar-refractivity contribution in [3.05, 3.63) is 65.5 Å². The molecule has 0 radical (unpaired) electrons. The van der Waals surface area contributed by atoms with Crippen LogP contribution in [0.2, 0.25) is 0 Å². The number of hydrogen-bond acceptors (Lipinski definition) is 6. The van der Waals surface area contributed by atoms with Gasteiger partial charge in [0.05, 0.1) is 23.7 Å². The summed E-state index contributed by atoms with van der Waals surface area (Å²) in [7, 11) is 0. The number of pyridine rings is 2. The van der Waals surface area contributed by atoms with Gasteiger partial charge in [-0.25, -0.2) is 4.98 Å². The van der Waals surface area contributed by atoms with E-state index < -0.39 is 6.10 Å². The number of aliphatic hydroxyl groups is 1. The van der Waals surface area contributed by atoms with Crippen molar-refractivity contribution in [3.63, 3.8) is 0 Å². The highest BCUT2D eigenvalue weighted by Gasteiger charge is 2.43. The second kappa shape index (κ2) is 9.21. The molecule has 6 rings (SSSR count). The van der Waals surface area contributed by atoms with Crippen LogP contribution in [0.5, 0.6) is 0 Å². The molecule has 35 heavy (non-hydrogen) atoms. The molecule has 7 nitrogen and oxygen atoms in total. The van der Waals surface area contributed by atoms with Crippen LogP contribution in [0.1, 0.15) is 60.1 Å². The van der Waals surface area contributed by atoms with Crippen molar-refractivity contribution in [2.24, 2.45) is 0 Å². The Labute approximate surface area is 206 Å². The molecule has 2 aliphatic heterocycles. The Morgan fingerprint density at radius 3 is 2.57 bits per heavy atom. The zero-order valence-electron chi connectivity index (χ0n) is 20.3. The van der Waals surface area contributed by atoms with Gasteiger partial charge in [0.1, 0.15) is 5.82 Å². The van der Waals surface area contributed by atoms with E-state index in [0.717, 1.165) is 91.8 Å². The summed E-state index contributed by atoms with van der Waals surface area (Å²) in [6.07, 6.45) is 6.95. The molecular weight excluding hydrogens is 438 g/mol. The van der Waals surface area contributed by atoms with Gasteiger partial charge in [-0.2, -0.15) is 0 Å². The molecule has 1 amide bonds. The Morgan fingerprint density at radius 1 is 1.00 bits per heavy atom. The Morgan fingerprint density at radius 2 is 1.80 bits per heavy atom. The summed E-state index contributed by atoms with van der Waals surface area (Å²) in [5, 5.41) is 11.8. The lowest BCUT2D eigenvalue weighted by atomic mass is 9.90. The summed E-state index contributed by atoms with van der Waals surface area (Å²) < 4.78 is 0. The first-order chi connectivity index (χ1) is 17.1. The number of aliphatic hydroxyl groups excluding tert-OH is 1. The number of piperazine rings is 1. The van der Waals surface area contributed by atoms with Gasteiger partial charge < -0.3 is 14.9 Å². The third-order valence-corrected chi connectivity index (χ3v) is 8.11. The molecule has 2 aromatic heterocycles. The van der Waals surface area contributed by atoms with E-state index in [2.05, 4.69) is 39.9 Å². The zero-order valence-corrected chi connectivity index (χ0v) is 20.3. The number of amides is 1. The van der Waals surface area contributed by atoms with E-state index in [9.17, 15) is 9.90 Å². The normalized spacial score (nSPS) is 25.3. The summed E-state index contributed by atoms with van der Waals surface area (Å²) in [4.78, 5) is 29.7. The fraction of sp³-hybridized carbons (Fsp3) is 0.464. The van der Waals surface area contributed by atoms with E-state index in [1.165, 1.54) is 0 Å². The molecule has 1 aromatic carbocycles. The maximum absolute atomic E-state index is 13.7. The van der Waals surface area contributed by atoms with Crippen molar-refractivity contribution >= 4 is 22.6 Å². The molecule has 1 N–H and O–H groups in total. The lowest BCUT2D eigenvalue weighted by Gasteiger charge is -2.37. The monoisotopic (exact) mass is 471 g/mol. The maximum atomic E-state index is 13.7. The Bertz CT molecular complexity index is 1220. The van der Waals surface area contributed by atoms with E-state index in [1.807, 2.05) is 35.5 Å². The maximum Gasteiger partial charge on any atom is 0.255 e. The van der Waals surface area contributed by atoms with Gasteiger partial charge in [0.25, 0.3) is 5.91 Å². The lowest BCUT2D eigenvalue weighted by molar-refractivity contribution is 0.00975. The van der Waals surface area contributed by atoms with E-state index in [-0.39, 0.29) is 18.0 Å². The number of rotatable bonds is 4. The third-order valence-electron chi connectivity index (χ3n) is 8.11. The van der Waals surface area contributed by atoms with E-state index >= 15 is 0 Å². The van der Waals surface area contributed by atoms with Crippen LogP contribution in [0, 0.1) is 0 Å². The minimum absolute atomic E-state index is 0.0484. The molecule has 182 valence electrons. The number of benzene rings is 1. The molecule has 2 fully saturated rings. The van der Waals surface area contributed by atoms with Crippen LogP contribution in [0.15, 0.2) is 48.8 Å². The number of carbonyl (C=O) groups excluding carboxylic acids is 1. The first kappa shape index (κ1) is 22.4. The quantitative estimate of drug-likeness (QED) is 0.625. The highest BCUT2D eigenvalue weighted by molar-refractivity contribution is 6.05. The molecular formula is C28H33N5O2. The Balaban J connectivity index is 1.28. The standard InChI is InChI=1S/C28H33N5O2/c1-19-26-22(28(35)33(19)23-8-2-3-9-24(23)34)17-20(21-7-6-12-30-27(21)26)18-31-13-15-32(16-14-31)25-10-4-5-11-29-25/h4-7,10-12,17,19,23-24,34H,2-3,8-9,13-16,18H2,1H3. The van der Waals surface area contributed by atoms with Gasteiger partial charge in [0, 0.05) is 61.6 Å². The summed E-state index contributed by atoms with van der Waals surface area (Å²) >= 11 is 0. The number of carbonyl (C=O) groups is 1. The van der Waals surface area contributed by atoms with Crippen LogP contribution in [-0.4, -0.2) is 69.1 Å². The van der Waals surface area contributed by atoms with Crippen LogP contribution >= 0.6 is 0 Å². The predicted molar refractivity (Wildman–Crippen MR) is 136 cm³/mol. The molecule has 1 aliphatic carbocycles. The van der Waals surface area contributed by atoms with E-state index in [0.29, 0.717) is 0 Å². The first-order valence-corrected chi connectivity index (χ1v) is 12.9. The number of aromatic nitrogens is 2. The molecule has 3 aliphatic rings. The van der Waals surface area contributed by atoms with Crippen LogP contribution in [-0.2, 0) is 6.54 Å². The van der Waals surface area contributed by atoms with Crippen LogP contribution in [0.25, 0.3) is 10.9 Å². The highest BCUT2D eigenvalue weighted by Crippen LogP contribution is 2.42. The van der Waals surface area contributed by atoms with Crippen molar-refractivity contribution in [1.29, 1.82) is 0 Å². The van der Waals surface area contributed by atoms with Crippen molar-refractivity contribution in [3.8, 4) is 0 Å². The van der Waals surface area contributed by atoms with Gasteiger partial charge in [0.15, 0.2) is 0 Å². The van der Waals surface area contributed by atoms with Crippen LogP contribution < -0.4 is 4.90 Å². The molecule has 3 unspecified atom stereocenters. The van der Waals surface area contributed by atoms with Crippen LogP contribution in [0.3, 0.4) is 0 Å². The average molecular weight is 472 g/mol. The average Bonchev–Trinajstić information content (AvgIpc) is 3.15. The molecule has 3 aromatic rings. The summed E-state index contributed by atoms with van der Waals surface area (Å²) in [5.74, 6) is 1.08. The van der Waals surface area contributed by atoms with Crippen molar-refractivity contribution in [1.82, 2.24) is 19.8 Å². The van der Waals surface area contributed by atoms with Gasteiger partial charge in [-0.05, 0) is 49.6 Å². The van der Waals surface area contributed by atoms with Crippen LogP contribution in [0.4, 0.5) is 5.82 Å². The molecule has 0 bridgehead atoms. The molecule has 7 heteroatoms. The molecule has 0 spiro atoms. The van der Waals surface area contributed by atoms with Gasteiger partial charge in [-0.3, -0.25) is 14.7 Å². The Hall–Kier alpha value is -3.03. The molecule has 1 saturated heterocycles. The minimum Gasteiger partial charge on any atom is -0.391 e. The fourth-order valence-corrected chi connectivity index (χ4v) is 6.29. The molecule has 4 heterocycles. The number of anilines is 1. The lowest BCUT2D eigenvalue weighted by Crippen LogP contribution is -2.46. The molecule has 3 atom stereocenters. The topological polar surface area (TPSA) is 72.8 Å². The van der Waals surface area contributed by atoms with Crippen molar-refractivity contribution < 1.29 is 9.90 Å². The minimum atomic E-state index is -0.446. The second-order valence-electron chi connectivity index (χ2n) is 10.2. The number of nitrogens with zero attached hydrogens (tertiary/aromatic N) is 5. The number of hydrogen-bond donors (Lipinski definition) is 1. The SMILES string of the molecule is CC1c2c(cc(CN3CCN(c4ccccn4)CC3)c3cccnc23)C(=O)N1C1CCCCC1O. The van der Waals surface area contributed by atoms with Gasteiger partial charge in [-0.15, -0.1) is 0 Å². The number of fused-ring (bicyclic) bond motifs is 3. The largest absolute Gasteiger partial charge is 0.391 e. The first-order valence-electron chi connectivity index (χ1n) is 12.9. The van der Waals surface area contributed by atoms with Gasteiger partial charge in [0.2, 0.25) is 0 Å². The van der Waals surface area contributed by atoms with Crippen molar-refractivity contribution in [2.45, 2.75) is 57.3 Å². The summed E-state index contributed by atoms with van der Waals surface area (Å²) in [6.45, 7) is 6.64. The Kier molecular flexibility index (Phi) is 5.90. The third kappa shape index (κ3) is 3.96. The van der Waals surface area contributed by atoms with E-state index in [1.54, 1.807) is 0 Å². The molecule has 1 saturated carbocycles. The summed E-state index contributed by atoms with van der Waals surface area (Å²) in [6, 6.07) is 12.1.